The van der Waals surface area contributed by atoms with Gasteiger partial charge in [0.25, 0.3) is 0 Å². The molecule has 0 saturated carbocycles. The van der Waals surface area contributed by atoms with Gasteiger partial charge < -0.3 is 10.2 Å². The smallest absolute Gasteiger partial charge is 0.193 e. The second-order valence-electron chi connectivity index (χ2n) is 5.70. The van der Waals surface area contributed by atoms with Crippen LogP contribution in [0, 0.1) is 6.92 Å². The van der Waals surface area contributed by atoms with E-state index in [1.165, 1.54) is 11.1 Å². The monoisotopic (exact) mass is 441 g/mol. The minimum atomic E-state index is 0. The van der Waals surface area contributed by atoms with Crippen molar-refractivity contribution in [2.24, 2.45) is 4.99 Å². The molecule has 0 saturated heterocycles. The lowest BCUT2D eigenvalue weighted by molar-refractivity contribution is 0.475. The Morgan fingerprint density at radius 2 is 2.04 bits per heavy atom. The lowest BCUT2D eigenvalue weighted by Crippen LogP contribution is -2.38. The molecule has 0 aliphatic carbocycles. The second kappa shape index (κ2) is 11.1. The number of benzene rings is 1. The summed E-state index contributed by atoms with van der Waals surface area (Å²) < 4.78 is 1.94. The summed E-state index contributed by atoms with van der Waals surface area (Å²) in [5, 5.41) is 7.57. The van der Waals surface area contributed by atoms with Crippen LogP contribution in [-0.2, 0) is 13.1 Å². The first-order chi connectivity index (χ1) is 11.2. The van der Waals surface area contributed by atoms with Gasteiger partial charge in [0, 0.05) is 45.6 Å². The Kier molecular flexibility index (Phi) is 9.44. The number of hydrogen-bond acceptors (Lipinski definition) is 2. The van der Waals surface area contributed by atoms with Crippen LogP contribution in [0.5, 0.6) is 0 Å². The second-order valence-corrected chi connectivity index (χ2v) is 5.70. The third-order valence-electron chi connectivity index (χ3n) is 3.60. The fourth-order valence-corrected chi connectivity index (χ4v) is 2.36. The van der Waals surface area contributed by atoms with Crippen LogP contribution in [0.15, 0.2) is 47.7 Å². The molecule has 1 aromatic heterocycles. The zero-order valence-electron chi connectivity index (χ0n) is 14.8. The van der Waals surface area contributed by atoms with Gasteiger partial charge in [-0.05, 0) is 31.9 Å². The fourth-order valence-electron chi connectivity index (χ4n) is 2.36. The molecule has 0 atom stereocenters. The maximum Gasteiger partial charge on any atom is 0.193 e. The van der Waals surface area contributed by atoms with Crippen LogP contribution in [0.3, 0.4) is 0 Å². The highest BCUT2D eigenvalue weighted by Crippen LogP contribution is 2.06. The minimum absolute atomic E-state index is 0. The molecule has 2 rings (SSSR count). The van der Waals surface area contributed by atoms with Gasteiger partial charge in [0.05, 0.1) is 0 Å². The minimum Gasteiger partial charge on any atom is -0.357 e. The SMILES string of the molecule is CCNC(=NCCCn1cccn1)N(C)Cc1ccc(C)cc1.I. The summed E-state index contributed by atoms with van der Waals surface area (Å²) in [6, 6.07) is 10.6. The summed E-state index contributed by atoms with van der Waals surface area (Å²) >= 11 is 0. The van der Waals surface area contributed by atoms with E-state index in [0.717, 1.165) is 38.6 Å². The van der Waals surface area contributed by atoms with Crippen molar-refractivity contribution >= 4 is 29.9 Å². The van der Waals surface area contributed by atoms with Crippen LogP contribution in [0.25, 0.3) is 0 Å². The summed E-state index contributed by atoms with van der Waals surface area (Å²) in [5.74, 6) is 0.952. The molecular formula is C18H28IN5. The Morgan fingerprint density at radius 3 is 2.67 bits per heavy atom. The summed E-state index contributed by atoms with van der Waals surface area (Å²) in [7, 11) is 2.08. The van der Waals surface area contributed by atoms with Gasteiger partial charge in [0.1, 0.15) is 0 Å². The topological polar surface area (TPSA) is 45.5 Å². The molecule has 0 fully saturated rings. The van der Waals surface area contributed by atoms with Crippen molar-refractivity contribution in [1.82, 2.24) is 20.0 Å². The molecule has 0 aliphatic heterocycles. The molecule has 132 valence electrons. The molecule has 1 heterocycles. The van der Waals surface area contributed by atoms with Crippen LogP contribution in [-0.4, -0.2) is 40.8 Å². The van der Waals surface area contributed by atoms with Crippen molar-refractivity contribution in [3.63, 3.8) is 0 Å². The number of aromatic nitrogens is 2. The first-order valence-electron chi connectivity index (χ1n) is 8.21. The standard InChI is InChI=1S/C18H27N5.HI/c1-4-19-18(20-11-5-13-23-14-6-12-21-23)22(3)15-17-9-7-16(2)8-10-17;/h6-10,12,14H,4-5,11,13,15H2,1-3H3,(H,19,20);1H. The Morgan fingerprint density at radius 1 is 1.29 bits per heavy atom. The maximum absolute atomic E-state index is 4.72. The maximum atomic E-state index is 4.72. The van der Waals surface area contributed by atoms with Gasteiger partial charge in [-0.1, -0.05) is 29.8 Å². The predicted octanol–water partition coefficient (Wildman–Crippen LogP) is 3.30. The lowest BCUT2D eigenvalue weighted by atomic mass is 10.1. The van der Waals surface area contributed by atoms with Crippen LogP contribution in [0.2, 0.25) is 0 Å². The Balaban J connectivity index is 0.00000288. The third kappa shape index (κ3) is 6.90. The van der Waals surface area contributed by atoms with Gasteiger partial charge >= 0.3 is 0 Å². The van der Waals surface area contributed by atoms with Crippen LogP contribution in [0.4, 0.5) is 0 Å². The van der Waals surface area contributed by atoms with E-state index in [1.807, 2.05) is 23.1 Å². The number of halogens is 1. The highest BCUT2D eigenvalue weighted by molar-refractivity contribution is 14.0. The molecule has 0 radical (unpaired) electrons. The highest BCUT2D eigenvalue weighted by atomic mass is 127. The lowest BCUT2D eigenvalue weighted by Gasteiger charge is -2.22. The zero-order valence-corrected chi connectivity index (χ0v) is 17.1. The van der Waals surface area contributed by atoms with E-state index in [2.05, 4.69) is 60.5 Å². The summed E-state index contributed by atoms with van der Waals surface area (Å²) in [4.78, 5) is 6.89. The number of nitrogens with one attached hydrogen (secondary N) is 1. The van der Waals surface area contributed by atoms with Gasteiger partial charge in [-0.3, -0.25) is 9.67 Å². The van der Waals surface area contributed by atoms with Gasteiger partial charge in [-0.25, -0.2) is 0 Å². The van der Waals surface area contributed by atoms with E-state index < -0.39 is 0 Å². The van der Waals surface area contributed by atoms with E-state index in [9.17, 15) is 0 Å². The first kappa shape index (κ1) is 20.5. The molecule has 2 aromatic rings. The van der Waals surface area contributed by atoms with E-state index >= 15 is 0 Å². The van der Waals surface area contributed by atoms with Gasteiger partial charge in [0.15, 0.2) is 5.96 Å². The zero-order chi connectivity index (χ0) is 16.5. The number of nitrogens with zero attached hydrogens (tertiary/aromatic N) is 4. The predicted molar refractivity (Wildman–Crippen MR) is 111 cm³/mol. The fraction of sp³-hybridized carbons (Fsp3) is 0.444. The van der Waals surface area contributed by atoms with Crippen molar-refractivity contribution < 1.29 is 0 Å². The summed E-state index contributed by atoms with van der Waals surface area (Å²) in [6.07, 6.45) is 4.77. The van der Waals surface area contributed by atoms with E-state index in [4.69, 9.17) is 4.99 Å². The molecule has 5 nitrogen and oxygen atoms in total. The van der Waals surface area contributed by atoms with E-state index in [-0.39, 0.29) is 24.0 Å². The quantitative estimate of drug-likeness (QED) is 0.311. The molecule has 0 spiro atoms. The normalized spacial score (nSPS) is 11.0. The molecule has 0 unspecified atom stereocenters. The molecule has 24 heavy (non-hydrogen) atoms. The van der Waals surface area contributed by atoms with E-state index in [1.54, 1.807) is 0 Å². The highest BCUT2D eigenvalue weighted by Gasteiger charge is 2.06. The largest absolute Gasteiger partial charge is 0.357 e. The van der Waals surface area contributed by atoms with Crippen LogP contribution in [0.1, 0.15) is 24.5 Å². The van der Waals surface area contributed by atoms with Gasteiger partial charge in [-0.15, -0.1) is 24.0 Å². The Bertz CT molecular complexity index is 592. The van der Waals surface area contributed by atoms with Crippen LogP contribution < -0.4 is 5.32 Å². The average molecular weight is 441 g/mol. The molecular weight excluding hydrogens is 413 g/mol. The average Bonchev–Trinajstić information content (AvgIpc) is 3.06. The molecule has 6 heteroatoms. The van der Waals surface area contributed by atoms with Crippen molar-refractivity contribution in [3.8, 4) is 0 Å². The number of aryl methyl sites for hydroxylation is 2. The van der Waals surface area contributed by atoms with Gasteiger partial charge in [-0.2, -0.15) is 5.10 Å². The van der Waals surface area contributed by atoms with Crippen molar-refractivity contribution in [2.45, 2.75) is 33.4 Å². The Hall–Kier alpha value is -1.57. The Labute approximate surface area is 162 Å². The number of hydrogen-bond donors (Lipinski definition) is 1. The van der Waals surface area contributed by atoms with Gasteiger partial charge in [0.2, 0.25) is 0 Å². The molecule has 1 aromatic carbocycles. The number of rotatable bonds is 7. The van der Waals surface area contributed by atoms with Crippen molar-refractivity contribution in [1.29, 1.82) is 0 Å². The van der Waals surface area contributed by atoms with Crippen molar-refractivity contribution in [3.05, 3.63) is 53.9 Å². The number of aliphatic imine (C=N–C) groups is 1. The summed E-state index contributed by atoms with van der Waals surface area (Å²) in [6.45, 7) is 7.62. The molecule has 0 amide bonds. The third-order valence-corrected chi connectivity index (χ3v) is 3.60. The molecule has 1 N–H and O–H groups in total. The van der Waals surface area contributed by atoms with E-state index in [0.29, 0.717) is 0 Å². The van der Waals surface area contributed by atoms with Crippen molar-refractivity contribution in [2.75, 3.05) is 20.1 Å². The summed E-state index contributed by atoms with van der Waals surface area (Å²) in [5.41, 5.74) is 2.58. The molecule has 0 aliphatic rings. The van der Waals surface area contributed by atoms with Crippen LogP contribution >= 0.6 is 24.0 Å². The first-order valence-corrected chi connectivity index (χ1v) is 8.21. The molecule has 0 bridgehead atoms. The number of guanidine groups is 1.